The van der Waals surface area contributed by atoms with Gasteiger partial charge in [-0.3, -0.25) is 9.36 Å². The molecule has 3 rings (SSSR count). The Balaban J connectivity index is 2.49. The number of aryl methyl sites for hydroxylation is 1. The van der Waals surface area contributed by atoms with Crippen LogP contribution in [0.2, 0.25) is 0 Å². The molecule has 0 saturated carbocycles. The first kappa shape index (κ1) is 13.4. The number of hydrogen-bond donors (Lipinski definition) is 1. The van der Waals surface area contributed by atoms with Crippen LogP contribution in [0.15, 0.2) is 33.9 Å². The van der Waals surface area contributed by atoms with E-state index in [9.17, 15) is 4.79 Å². The topological polar surface area (TPSA) is 86.9 Å². The van der Waals surface area contributed by atoms with Crippen LogP contribution in [0.4, 0.5) is 5.95 Å². The van der Waals surface area contributed by atoms with Gasteiger partial charge in [0.2, 0.25) is 5.95 Å². The first-order valence-corrected chi connectivity index (χ1v) is 6.71. The van der Waals surface area contributed by atoms with Crippen LogP contribution in [0.5, 0.6) is 0 Å². The lowest BCUT2D eigenvalue weighted by atomic mass is 10.1. The molecule has 0 unspecified atom stereocenters. The number of furan rings is 1. The van der Waals surface area contributed by atoms with Gasteiger partial charge in [0.05, 0.1) is 23.8 Å². The third-order valence-electron chi connectivity index (χ3n) is 3.45. The Morgan fingerprint density at radius 1 is 1.33 bits per heavy atom. The first-order chi connectivity index (χ1) is 9.99. The van der Waals surface area contributed by atoms with Crippen LogP contribution in [0, 0.1) is 6.92 Å². The number of fused-ring (bicyclic) bond motifs is 1. The molecule has 0 fully saturated rings. The molecule has 2 N–H and O–H groups in total. The molecule has 0 bridgehead atoms. The average molecular weight is 284 g/mol. The predicted molar refractivity (Wildman–Crippen MR) is 81.0 cm³/mol. The molecule has 3 aromatic rings. The van der Waals surface area contributed by atoms with Crippen LogP contribution < -0.4 is 11.3 Å². The van der Waals surface area contributed by atoms with Crippen molar-refractivity contribution in [1.82, 2.24) is 14.5 Å². The summed E-state index contributed by atoms with van der Waals surface area (Å²) >= 11 is 0. The highest BCUT2D eigenvalue weighted by Crippen LogP contribution is 2.24. The van der Waals surface area contributed by atoms with E-state index in [1.165, 1.54) is 0 Å². The van der Waals surface area contributed by atoms with Gasteiger partial charge < -0.3 is 10.2 Å². The lowest BCUT2D eigenvalue weighted by molar-refractivity contribution is 0.567. The molecule has 21 heavy (non-hydrogen) atoms. The fourth-order valence-electron chi connectivity index (χ4n) is 2.48. The quantitative estimate of drug-likeness (QED) is 0.781. The van der Waals surface area contributed by atoms with Crippen molar-refractivity contribution >= 4 is 17.0 Å². The molecule has 0 aliphatic carbocycles. The van der Waals surface area contributed by atoms with Gasteiger partial charge in [0.15, 0.2) is 0 Å². The molecule has 3 aromatic heterocycles. The Morgan fingerprint density at radius 3 is 2.71 bits per heavy atom. The highest BCUT2D eigenvalue weighted by molar-refractivity contribution is 5.83. The summed E-state index contributed by atoms with van der Waals surface area (Å²) in [7, 11) is 0. The fraction of sp³-hybridized carbons (Fsp3) is 0.267. The normalized spacial score (nSPS) is 11.4. The van der Waals surface area contributed by atoms with Crippen molar-refractivity contribution in [3.05, 3.63) is 40.7 Å². The van der Waals surface area contributed by atoms with E-state index < -0.39 is 0 Å². The number of pyridine rings is 1. The highest BCUT2D eigenvalue weighted by Gasteiger charge is 2.17. The third-order valence-corrected chi connectivity index (χ3v) is 3.45. The van der Waals surface area contributed by atoms with Crippen LogP contribution in [-0.2, 0) is 0 Å². The first-order valence-electron chi connectivity index (χ1n) is 6.71. The fourth-order valence-corrected chi connectivity index (χ4v) is 2.48. The van der Waals surface area contributed by atoms with Crippen LogP contribution in [0.1, 0.15) is 25.6 Å². The number of rotatable bonds is 2. The summed E-state index contributed by atoms with van der Waals surface area (Å²) in [6.07, 6.45) is 3.10. The van der Waals surface area contributed by atoms with E-state index in [0.29, 0.717) is 11.2 Å². The number of hydrogen-bond acceptors (Lipinski definition) is 5. The minimum Gasteiger partial charge on any atom is -0.472 e. The van der Waals surface area contributed by atoms with Gasteiger partial charge in [0, 0.05) is 17.0 Å². The minimum absolute atomic E-state index is 0.0412. The summed E-state index contributed by atoms with van der Waals surface area (Å²) in [5.41, 5.74) is 8.23. The monoisotopic (exact) mass is 284 g/mol. The van der Waals surface area contributed by atoms with Gasteiger partial charge in [-0.15, -0.1) is 0 Å². The number of nitrogens with two attached hydrogens (primary N) is 1. The third kappa shape index (κ3) is 2.08. The van der Waals surface area contributed by atoms with Crippen LogP contribution in [-0.4, -0.2) is 14.5 Å². The molecule has 0 saturated heterocycles. The van der Waals surface area contributed by atoms with Crippen molar-refractivity contribution in [3.8, 4) is 11.1 Å². The van der Waals surface area contributed by atoms with Gasteiger partial charge in [-0.05, 0) is 32.9 Å². The minimum atomic E-state index is -0.114. The van der Waals surface area contributed by atoms with Crippen molar-refractivity contribution < 1.29 is 4.42 Å². The highest BCUT2D eigenvalue weighted by atomic mass is 16.3. The van der Waals surface area contributed by atoms with E-state index >= 15 is 0 Å². The van der Waals surface area contributed by atoms with Gasteiger partial charge in [-0.25, -0.2) is 4.98 Å². The van der Waals surface area contributed by atoms with Gasteiger partial charge >= 0.3 is 0 Å². The number of anilines is 1. The maximum atomic E-state index is 12.8. The van der Waals surface area contributed by atoms with E-state index in [-0.39, 0.29) is 17.5 Å². The van der Waals surface area contributed by atoms with Crippen molar-refractivity contribution in [2.75, 3.05) is 5.73 Å². The lowest BCUT2D eigenvalue weighted by Gasteiger charge is -2.16. The number of nitrogens with zero attached hydrogens (tertiary/aromatic N) is 3. The summed E-state index contributed by atoms with van der Waals surface area (Å²) in [6.45, 7) is 5.73. The maximum Gasteiger partial charge on any atom is 0.260 e. The molecular formula is C15H16N4O2. The van der Waals surface area contributed by atoms with Crippen molar-refractivity contribution in [1.29, 1.82) is 0 Å². The van der Waals surface area contributed by atoms with E-state index in [1.807, 2.05) is 20.8 Å². The van der Waals surface area contributed by atoms with E-state index in [2.05, 4.69) is 9.97 Å². The Kier molecular flexibility index (Phi) is 3.01. The van der Waals surface area contributed by atoms with E-state index in [1.54, 1.807) is 29.2 Å². The molecule has 0 aliphatic rings. The smallest absolute Gasteiger partial charge is 0.260 e. The molecule has 3 heterocycles. The second-order valence-corrected chi connectivity index (χ2v) is 5.24. The van der Waals surface area contributed by atoms with Gasteiger partial charge in [0.25, 0.3) is 5.56 Å². The molecule has 0 aliphatic heterocycles. The largest absolute Gasteiger partial charge is 0.472 e. The van der Waals surface area contributed by atoms with E-state index in [4.69, 9.17) is 10.2 Å². The maximum absolute atomic E-state index is 12.8. The molecule has 6 heteroatoms. The summed E-state index contributed by atoms with van der Waals surface area (Å²) in [5.74, 6) is 0.171. The second kappa shape index (κ2) is 4.73. The second-order valence-electron chi connectivity index (χ2n) is 5.24. The van der Waals surface area contributed by atoms with Crippen LogP contribution in [0.25, 0.3) is 22.2 Å². The zero-order chi connectivity index (χ0) is 15.1. The molecule has 0 amide bonds. The summed E-state index contributed by atoms with van der Waals surface area (Å²) in [5, 5.41) is 0.814. The SMILES string of the molecule is Cc1nc(N)nc2c1cc(-c1ccoc1)c(=O)n2C(C)C. The summed E-state index contributed by atoms with van der Waals surface area (Å²) in [4.78, 5) is 21.2. The van der Waals surface area contributed by atoms with Crippen LogP contribution in [0.3, 0.4) is 0 Å². The predicted octanol–water partition coefficient (Wildman–Crippen LogP) is 2.52. The Bertz CT molecular complexity index is 864. The molecule has 0 radical (unpaired) electrons. The van der Waals surface area contributed by atoms with Crippen molar-refractivity contribution in [3.63, 3.8) is 0 Å². The van der Waals surface area contributed by atoms with Gasteiger partial charge in [-0.2, -0.15) is 4.98 Å². The Hall–Kier alpha value is -2.63. The zero-order valence-electron chi connectivity index (χ0n) is 12.1. The Morgan fingerprint density at radius 2 is 2.10 bits per heavy atom. The molecule has 0 atom stereocenters. The number of aromatic nitrogens is 3. The molecule has 0 aromatic carbocycles. The van der Waals surface area contributed by atoms with Crippen LogP contribution >= 0.6 is 0 Å². The van der Waals surface area contributed by atoms with Gasteiger partial charge in [-0.1, -0.05) is 0 Å². The number of nitrogen functional groups attached to an aromatic ring is 1. The molecule has 6 nitrogen and oxygen atoms in total. The molecule has 108 valence electrons. The standard InChI is InChI=1S/C15H16N4O2/c1-8(2)19-13-11(9(3)17-15(16)18-13)6-12(14(19)20)10-4-5-21-7-10/h4-8H,1-3H3,(H2,16,17,18). The lowest BCUT2D eigenvalue weighted by Crippen LogP contribution is -2.25. The summed E-state index contributed by atoms with van der Waals surface area (Å²) < 4.78 is 6.73. The zero-order valence-corrected chi connectivity index (χ0v) is 12.1. The average Bonchev–Trinajstić information content (AvgIpc) is 2.91. The van der Waals surface area contributed by atoms with E-state index in [0.717, 1.165) is 16.6 Å². The molecule has 0 spiro atoms. The summed E-state index contributed by atoms with van der Waals surface area (Å²) in [6, 6.07) is 3.53. The van der Waals surface area contributed by atoms with Crippen molar-refractivity contribution in [2.24, 2.45) is 0 Å². The van der Waals surface area contributed by atoms with Crippen molar-refractivity contribution in [2.45, 2.75) is 26.8 Å². The Labute approximate surface area is 121 Å². The van der Waals surface area contributed by atoms with Gasteiger partial charge in [0.1, 0.15) is 5.65 Å². The molecular weight excluding hydrogens is 268 g/mol.